The number of pyridine rings is 1. The number of benzene rings is 3. The lowest BCUT2D eigenvalue weighted by Gasteiger charge is -2.20. The molecule has 0 saturated heterocycles. The highest BCUT2D eigenvalue weighted by Gasteiger charge is 2.20. The van der Waals surface area contributed by atoms with Gasteiger partial charge in [-0.3, -0.25) is 9.98 Å². The van der Waals surface area contributed by atoms with Crippen LogP contribution in [0.4, 0.5) is 0 Å². The number of esters is 1. The van der Waals surface area contributed by atoms with Crippen LogP contribution in [0.5, 0.6) is 5.75 Å². The van der Waals surface area contributed by atoms with Crippen LogP contribution in [0.25, 0.3) is 10.8 Å². The van der Waals surface area contributed by atoms with Gasteiger partial charge in [0.05, 0.1) is 18.9 Å². The molecule has 0 amide bonds. The fraction of sp³-hybridized carbons (Fsp3) is 0.395. The molecule has 0 unspecified atom stereocenters. The van der Waals surface area contributed by atoms with E-state index in [-0.39, 0.29) is 18.7 Å². The zero-order valence-corrected chi connectivity index (χ0v) is 28.9. The molecule has 0 N–H and O–H groups in total. The van der Waals surface area contributed by atoms with Crippen molar-refractivity contribution in [1.29, 1.82) is 0 Å². The second-order valence-electron chi connectivity index (χ2n) is 11.6. The van der Waals surface area contributed by atoms with Gasteiger partial charge in [-0.15, -0.1) is 0 Å². The largest absolute Gasteiger partial charge is 0.488 e. The summed E-state index contributed by atoms with van der Waals surface area (Å²) in [5.41, 5.74) is 4.82. The molecule has 0 saturated carbocycles. The molecule has 7 nitrogen and oxygen atoms in total. The molecule has 3 aromatic carbocycles. The maximum atomic E-state index is 12.8. The fourth-order valence-electron chi connectivity index (χ4n) is 5.14. The Balaban J connectivity index is 1.29. The molecule has 248 valence electrons. The number of hydrogen-bond donors (Lipinski definition) is 0. The predicted molar refractivity (Wildman–Crippen MR) is 194 cm³/mol. The summed E-state index contributed by atoms with van der Waals surface area (Å²) in [5, 5.41) is 2.40. The highest BCUT2D eigenvalue weighted by Crippen LogP contribution is 2.31. The SMILES string of the molecule is CO[C@@H](COCc1ccc2ccccc2c1)COc1c2ncc(c1C=N[C@@H](C)C(=O)OCc1ccccc1)CSCCCCCSC2. The molecule has 4 aromatic rings. The smallest absolute Gasteiger partial charge is 0.330 e. The number of nitrogens with zero attached hydrogens (tertiary/aromatic N) is 2. The maximum Gasteiger partial charge on any atom is 0.330 e. The van der Waals surface area contributed by atoms with E-state index in [2.05, 4.69) is 35.3 Å². The summed E-state index contributed by atoms with van der Waals surface area (Å²) in [4.78, 5) is 22.4. The summed E-state index contributed by atoms with van der Waals surface area (Å²) in [6.45, 7) is 3.13. The van der Waals surface area contributed by atoms with Crippen molar-refractivity contribution in [2.45, 2.75) is 63.1 Å². The summed E-state index contributed by atoms with van der Waals surface area (Å²) in [7, 11) is 1.68. The quantitative estimate of drug-likeness (QED) is 0.104. The molecule has 1 aliphatic rings. The number of carbonyl (C=O) groups excluding carboxylic acids is 1. The Kier molecular flexibility index (Phi) is 14.0. The average Bonchev–Trinajstić information content (AvgIpc) is 3.14. The number of ether oxygens (including phenoxy) is 4. The van der Waals surface area contributed by atoms with E-state index < -0.39 is 6.04 Å². The standard InChI is InChI=1S/C38H44N2O5S2/c1-28(38(41)45-23-29-11-5-3-6-12-29)39-21-35-33-20-40-36(27-47-18-10-4-9-17-46-26-33)37(35)44-25-34(42-2)24-43-22-30-15-16-31-13-7-8-14-32(31)19-30/h3,5-8,11-16,19-21,28,34H,4,9-10,17-18,22-27H2,1-2H3/t28-,34-/m0/s1. The van der Waals surface area contributed by atoms with Crippen LogP contribution in [0.2, 0.25) is 0 Å². The number of aliphatic imine (C=N–C) groups is 1. The number of rotatable bonds is 13. The minimum atomic E-state index is -0.671. The van der Waals surface area contributed by atoms with E-state index in [0.717, 1.165) is 51.0 Å². The van der Waals surface area contributed by atoms with Crippen molar-refractivity contribution in [3.63, 3.8) is 0 Å². The van der Waals surface area contributed by atoms with Crippen LogP contribution in [0, 0.1) is 0 Å². The molecule has 2 heterocycles. The van der Waals surface area contributed by atoms with Crippen LogP contribution in [0.15, 0.2) is 84.0 Å². The number of aromatic nitrogens is 1. The highest BCUT2D eigenvalue weighted by molar-refractivity contribution is 7.98. The molecule has 2 bridgehead atoms. The molecule has 1 aromatic heterocycles. The molecule has 2 atom stereocenters. The first-order chi connectivity index (χ1) is 23.1. The van der Waals surface area contributed by atoms with E-state index in [0.29, 0.717) is 25.6 Å². The van der Waals surface area contributed by atoms with Gasteiger partial charge in [-0.25, -0.2) is 4.79 Å². The third-order valence-corrected chi connectivity index (χ3v) is 10.1. The lowest BCUT2D eigenvalue weighted by Crippen LogP contribution is -2.26. The molecule has 1 aliphatic heterocycles. The minimum absolute atomic E-state index is 0.216. The van der Waals surface area contributed by atoms with Crippen molar-refractivity contribution in [2.24, 2.45) is 4.99 Å². The van der Waals surface area contributed by atoms with Crippen molar-refractivity contribution >= 4 is 46.5 Å². The number of methoxy groups -OCH3 is 1. The zero-order chi connectivity index (χ0) is 32.7. The lowest BCUT2D eigenvalue weighted by atomic mass is 10.1. The van der Waals surface area contributed by atoms with Crippen molar-refractivity contribution in [3.05, 3.63) is 107 Å². The van der Waals surface area contributed by atoms with Gasteiger partial charge in [0, 0.05) is 36.6 Å². The van der Waals surface area contributed by atoms with E-state index in [1.807, 2.05) is 72.2 Å². The highest BCUT2D eigenvalue weighted by atomic mass is 32.2. The van der Waals surface area contributed by atoms with Crippen molar-refractivity contribution in [2.75, 3.05) is 31.8 Å². The number of thioether (sulfide) groups is 2. The van der Waals surface area contributed by atoms with E-state index in [9.17, 15) is 4.79 Å². The third kappa shape index (κ3) is 10.8. The van der Waals surface area contributed by atoms with E-state index in [4.69, 9.17) is 23.9 Å². The normalized spacial score (nSPS) is 15.4. The average molecular weight is 673 g/mol. The molecule has 5 rings (SSSR count). The second kappa shape index (κ2) is 18.8. The molecule has 0 fully saturated rings. The van der Waals surface area contributed by atoms with Crippen LogP contribution in [0.1, 0.15) is 54.1 Å². The number of carbonyl (C=O) groups is 1. The zero-order valence-electron chi connectivity index (χ0n) is 27.3. The van der Waals surface area contributed by atoms with Gasteiger partial charge in [0.15, 0.2) is 5.75 Å². The Hall–Kier alpha value is -3.37. The minimum Gasteiger partial charge on any atom is -0.488 e. The van der Waals surface area contributed by atoms with E-state index >= 15 is 0 Å². The Morgan fingerprint density at radius 2 is 1.66 bits per heavy atom. The van der Waals surface area contributed by atoms with Gasteiger partial charge < -0.3 is 18.9 Å². The van der Waals surface area contributed by atoms with Crippen LogP contribution < -0.4 is 4.74 Å². The van der Waals surface area contributed by atoms with Gasteiger partial charge in [0.2, 0.25) is 0 Å². The topological polar surface area (TPSA) is 79.2 Å². The molecule has 0 spiro atoms. The lowest BCUT2D eigenvalue weighted by molar-refractivity contribution is -0.145. The van der Waals surface area contributed by atoms with Crippen LogP contribution in [0.3, 0.4) is 0 Å². The molecule has 0 aliphatic carbocycles. The summed E-state index contributed by atoms with van der Waals surface area (Å²) in [6.07, 6.45) is 7.04. The first kappa shape index (κ1) is 35.0. The first-order valence-electron chi connectivity index (χ1n) is 16.2. The second-order valence-corrected chi connectivity index (χ2v) is 13.8. The van der Waals surface area contributed by atoms with E-state index in [1.54, 1.807) is 20.2 Å². The Morgan fingerprint density at radius 3 is 2.47 bits per heavy atom. The van der Waals surface area contributed by atoms with Gasteiger partial charge in [-0.2, -0.15) is 23.5 Å². The molecule has 0 radical (unpaired) electrons. The maximum absolute atomic E-state index is 12.8. The van der Waals surface area contributed by atoms with Crippen LogP contribution >= 0.6 is 23.5 Å². The van der Waals surface area contributed by atoms with Crippen molar-refractivity contribution in [3.8, 4) is 5.75 Å². The van der Waals surface area contributed by atoms with Gasteiger partial charge >= 0.3 is 5.97 Å². The molecule has 47 heavy (non-hydrogen) atoms. The summed E-state index contributed by atoms with van der Waals surface area (Å²) in [5.74, 6) is 4.00. The van der Waals surface area contributed by atoms with Crippen LogP contribution in [-0.4, -0.2) is 61.1 Å². The Morgan fingerprint density at radius 1 is 0.894 bits per heavy atom. The van der Waals surface area contributed by atoms with Crippen LogP contribution in [-0.2, 0) is 43.7 Å². The van der Waals surface area contributed by atoms with Gasteiger partial charge in [0.25, 0.3) is 0 Å². The first-order valence-corrected chi connectivity index (χ1v) is 18.5. The van der Waals surface area contributed by atoms with E-state index in [1.165, 1.54) is 30.0 Å². The van der Waals surface area contributed by atoms with Crippen molar-refractivity contribution in [1.82, 2.24) is 4.98 Å². The monoisotopic (exact) mass is 672 g/mol. The predicted octanol–water partition coefficient (Wildman–Crippen LogP) is 8.05. The number of hydrogen-bond acceptors (Lipinski definition) is 9. The Bertz CT molecular complexity index is 1600. The van der Waals surface area contributed by atoms with Gasteiger partial charge in [0.1, 0.15) is 25.4 Å². The Labute approximate surface area is 286 Å². The van der Waals surface area contributed by atoms with Gasteiger partial charge in [-0.1, -0.05) is 73.2 Å². The molecule has 9 heteroatoms. The van der Waals surface area contributed by atoms with Gasteiger partial charge in [-0.05, 0) is 64.8 Å². The summed E-state index contributed by atoms with van der Waals surface area (Å²) < 4.78 is 24.0. The summed E-state index contributed by atoms with van der Waals surface area (Å²) in [6, 6.07) is 23.7. The molecular formula is C38H44N2O5S2. The summed E-state index contributed by atoms with van der Waals surface area (Å²) >= 11 is 3.76. The van der Waals surface area contributed by atoms with Crippen molar-refractivity contribution < 1.29 is 23.7 Å². The number of fused-ring (bicyclic) bond motifs is 4. The third-order valence-electron chi connectivity index (χ3n) is 7.93. The molecular weight excluding hydrogens is 629 g/mol. The fourth-order valence-corrected chi connectivity index (χ4v) is 7.09.